The van der Waals surface area contributed by atoms with Gasteiger partial charge in [0, 0.05) is 5.69 Å². The standard InChI is InChI=1S/C22H28BrNO3/c1-6-15(2)27-18-10-8-17(9-11-18)24-21(25)14-26-20-12-7-16(13-19(20)23)22(3,4)5/h7-13,15H,6,14H2,1-5H3,(H,24,25). The minimum atomic E-state index is -0.211. The number of nitrogens with one attached hydrogen (secondary N) is 1. The Balaban J connectivity index is 1.89. The molecular formula is C22H28BrNO3. The Morgan fingerprint density at radius 1 is 1.15 bits per heavy atom. The number of benzene rings is 2. The van der Waals surface area contributed by atoms with Crippen LogP contribution >= 0.6 is 15.9 Å². The number of carbonyl (C=O) groups is 1. The van der Waals surface area contributed by atoms with E-state index >= 15 is 0 Å². The molecule has 0 spiro atoms. The summed E-state index contributed by atoms with van der Waals surface area (Å²) in [6.45, 7) is 10.5. The van der Waals surface area contributed by atoms with Crippen molar-refractivity contribution in [2.45, 2.75) is 52.6 Å². The topological polar surface area (TPSA) is 47.6 Å². The van der Waals surface area contributed by atoms with Crippen LogP contribution in [-0.2, 0) is 10.2 Å². The first-order valence-corrected chi connectivity index (χ1v) is 9.97. The maximum atomic E-state index is 12.1. The molecule has 2 aromatic rings. The lowest BCUT2D eigenvalue weighted by atomic mass is 9.87. The van der Waals surface area contributed by atoms with Crippen molar-refractivity contribution in [3.05, 3.63) is 52.5 Å². The van der Waals surface area contributed by atoms with Crippen LogP contribution in [0.2, 0.25) is 0 Å². The quantitative estimate of drug-likeness (QED) is 0.587. The fourth-order valence-electron chi connectivity index (χ4n) is 2.36. The van der Waals surface area contributed by atoms with E-state index in [-0.39, 0.29) is 24.0 Å². The van der Waals surface area contributed by atoms with Gasteiger partial charge in [-0.15, -0.1) is 0 Å². The van der Waals surface area contributed by atoms with E-state index < -0.39 is 0 Å². The van der Waals surface area contributed by atoms with Gasteiger partial charge in [-0.1, -0.05) is 33.8 Å². The van der Waals surface area contributed by atoms with E-state index in [0.29, 0.717) is 11.4 Å². The van der Waals surface area contributed by atoms with Gasteiger partial charge in [0.2, 0.25) is 0 Å². The summed E-state index contributed by atoms with van der Waals surface area (Å²) in [5.41, 5.74) is 1.97. The summed E-state index contributed by atoms with van der Waals surface area (Å²) in [6.07, 6.45) is 1.12. The smallest absolute Gasteiger partial charge is 0.262 e. The third-order valence-electron chi connectivity index (χ3n) is 4.21. The van der Waals surface area contributed by atoms with Crippen molar-refractivity contribution in [3.8, 4) is 11.5 Å². The Labute approximate surface area is 170 Å². The molecule has 1 atom stereocenters. The molecule has 0 aliphatic heterocycles. The van der Waals surface area contributed by atoms with Crippen molar-refractivity contribution in [1.82, 2.24) is 0 Å². The predicted molar refractivity (Wildman–Crippen MR) is 114 cm³/mol. The minimum Gasteiger partial charge on any atom is -0.491 e. The van der Waals surface area contributed by atoms with Crippen LogP contribution in [0, 0.1) is 0 Å². The molecule has 1 amide bonds. The van der Waals surface area contributed by atoms with Gasteiger partial charge >= 0.3 is 0 Å². The van der Waals surface area contributed by atoms with Crippen LogP contribution in [0.25, 0.3) is 0 Å². The van der Waals surface area contributed by atoms with Crippen LogP contribution in [0.1, 0.15) is 46.6 Å². The molecular weight excluding hydrogens is 406 g/mol. The third-order valence-corrected chi connectivity index (χ3v) is 4.83. The van der Waals surface area contributed by atoms with E-state index in [0.717, 1.165) is 16.6 Å². The van der Waals surface area contributed by atoms with Crippen molar-refractivity contribution in [1.29, 1.82) is 0 Å². The predicted octanol–water partition coefficient (Wildman–Crippen LogP) is 5.94. The summed E-state index contributed by atoms with van der Waals surface area (Å²) in [5, 5.41) is 2.83. The first kappa shape index (κ1) is 21.3. The van der Waals surface area contributed by atoms with Gasteiger partial charge in [0.25, 0.3) is 5.91 Å². The lowest BCUT2D eigenvalue weighted by Gasteiger charge is -2.20. The molecule has 0 fully saturated rings. The molecule has 1 N–H and O–H groups in total. The largest absolute Gasteiger partial charge is 0.491 e. The highest BCUT2D eigenvalue weighted by atomic mass is 79.9. The molecule has 0 aliphatic rings. The summed E-state index contributed by atoms with van der Waals surface area (Å²) in [6, 6.07) is 13.3. The molecule has 0 aliphatic carbocycles. The number of halogens is 1. The van der Waals surface area contributed by atoms with Crippen molar-refractivity contribution in [2.75, 3.05) is 11.9 Å². The summed E-state index contributed by atoms with van der Waals surface area (Å²) < 4.78 is 12.2. The Bertz CT molecular complexity index is 766. The number of anilines is 1. The van der Waals surface area contributed by atoms with Gasteiger partial charge in [-0.25, -0.2) is 0 Å². The molecule has 0 radical (unpaired) electrons. The fourth-order valence-corrected chi connectivity index (χ4v) is 2.85. The Kier molecular flexibility index (Phi) is 7.31. The zero-order valence-electron chi connectivity index (χ0n) is 16.6. The van der Waals surface area contributed by atoms with Gasteiger partial charge in [0.1, 0.15) is 11.5 Å². The molecule has 0 saturated heterocycles. The molecule has 0 saturated carbocycles. The highest BCUT2D eigenvalue weighted by Crippen LogP contribution is 2.31. The van der Waals surface area contributed by atoms with Gasteiger partial charge in [-0.2, -0.15) is 0 Å². The average molecular weight is 434 g/mol. The first-order chi connectivity index (χ1) is 12.7. The Hall–Kier alpha value is -2.01. The van der Waals surface area contributed by atoms with E-state index in [9.17, 15) is 4.79 Å². The summed E-state index contributed by atoms with van der Waals surface area (Å²) in [5.74, 6) is 1.23. The van der Waals surface area contributed by atoms with E-state index in [1.807, 2.05) is 49.4 Å². The van der Waals surface area contributed by atoms with Crippen molar-refractivity contribution in [3.63, 3.8) is 0 Å². The monoisotopic (exact) mass is 433 g/mol. The second-order valence-electron chi connectivity index (χ2n) is 7.59. The highest BCUT2D eigenvalue weighted by molar-refractivity contribution is 9.10. The molecule has 2 rings (SSSR count). The van der Waals surface area contributed by atoms with Crippen molar-refractivity contribution in [2.24, 2.45) is 0 Å². The third kappa shape index (κ3) is 6.58. The number of amides is 1. The van der Waals surface area contributed by atoms with Crippen LogP contribution < -0.4 is 14.8 Å². The normalized spacial score (nSPS) is 12.4. The van der Waals surface area contributed by atoms with Crippen LogP contribution in [-0.4, -0.2) is 18.6 Å². The Morgan fingerprint density at radius 2 is 1.81 bits per heavy atom. The van der Waals surface area contributed by atoms with Crippen LogP contribution in [0.3, 0.4) is 0 Å². The molecule has 146 valence electrons. The fraction of sp³-hybridized carbons (Fsp3) is 0.409. The second kappa shape index (κ2) is 9.27. The number of carbonyl (C=O) groups excluding carboxylic acids is 1. The number of ether oxygens (including phenoxy) is 2. The number of hydrogen-bond acceptors (Lipinski definition) is 3. The van der Waals surface area contributed by atoms with Gasteiger partial charge in [0.05, 0.1) is 10.6 Å². The van der Waals surface area contributed by atoms with E-state index in [2.05, 4.69) is 48.9 Å². The van der Waals surface area contributed by atoms with E-state index in [1.165, 1.54) is 5.56 Å². The minimum absolute atomic E-state index is 0.0570. The lowest BCUT2D eigenvalue weighted by molar-refractivity contribution is -0.118. The lowest BCUT2D eigenvalue weighted by Crippen LogP contribution is -2.20. The molecule has 0 bridgehead atoms. The summed E-state index contributed by atoms with van der Waals surface area (Å²) >= 11 is 3.52. The average Bonchev–Trinajstić information content (AvgIpc) is 2.61. The van der Waals surface area contributed by atoms with Crippen molar-refractivity contribution < 1.29 is 14.3 Å². The van der Waals surface area contributed by atoms with Crippen LogP contribution in [0.15, 0.2) is 46.9 Å². The molecule has 5 heteroatoms. The molecule has 0 heterocycles. The molecule has 4 nitrogen and oxygen atoms in total. The van der Waals surface area contributed by atoms with Crippen LogP contribution in [0.4, 0.5) is 5.69 Å². The Morgan fingerprint density at radius 3 is 2.37 bits per heavy atom. The highest BCUT2D eigenvalue weighted by Gasteiger charge is 2.15. The summed E-state index contributed by atoms with van der Waals surface area (Å²) in [7, 11) is 0. The molecule has 2 aromatic carbocycles. The van der Waals surface area contributed by atoms with E-state index in [4.69, 9.17) is 9.47 Å². The van der Waals surface area contributed by atoms with E-state index in [1.54, 1.807) is 0 Å². The SMILES string of the molecule is CCC(C)Oc1ccc(NC(=O)COc2ccc(C(C)(C)C)cc2Br)cc1. The van der Waals surface area contributed by atoms with Gasteiger partial charge in [-0.05, 0) is 76.7 Å². The molecule has 27 heavy (non-hydrogen) atoms. The maximum absolute atomic E-state index is 12.1. The maximum Gasteiger partial charge on any atom is 0.262 e. The summed E-state index contributed by atoms with van der Waals surface area (Å²) in [4.78, 5) is 12.1. The second-order valence-corrected chi connectivity index (χ2v) is 8.45. The molecule has 0 aromatic heterocycles. The van der Waals surface area contributed by atoms with Gasteiger partial charge < -0.3 is 14.8 Å². The van der Waals surface area contributed by atoms with Crippen LogP contribution in [0.5, 0.6) is 11.5 Å². The van der Waals surface area contributed by atoms with Gasteiger partial charge in [-0.3, -0.25) is 4.79 Å². The molecule has 1 unspecified atom stereocenters. The zero-order chi connectivity index (χ0) is 20.0. The number of hydrogen-bond donors (Lipinski definition) is 1. The van der Waals surface area contributed by atoms with Crippen molar-refractivity contribution >= 4 is 27.5 Å². The zero-order valence-corrected chi connectivity index (χ0v) is 18.2. The first-order valence-electron chi connectivity index (χ1n) is 9.18. The van der Waals surface area contributed by atoms with Gasteiger partial charge in [0.15, 0.2) is 6.61 Å². The number of rotatable bonds is 7.